The number of nitrogens with zero attached hydrogens (tertiary/aromatic N) is 1. The van der Waals surface area contributed by atoms with Gasteiger partial charge in [-0.1, -0.05) is 6.08 Å². The summed E-state index contributed by atoms with van der Waals surface area (Å²) in [5, 5.41) is 0. The Morgan fingerprint density at radius 1 is 1.25 bits per heavy atom. The highest BCUT2D eigenvalue weighted by atomic mass is 14.9. The van der Waals surface area contributed by atoms with Gasteiger partial charge in [0, 0.05) is 12.2 Å². The van der Waals surface area contributed by atoms with Crippen LogP contribution in [0.5, 0.6) is 0 Å². The predicted molar refractivity (Wildman–Crippen MR) is 34.0 cm³/mol. The third kappa shape index (κ3) is 1.21. The van der Waals surface area contributed by atoms with E-state index in [4.69, 9.17) is 0 Å². The summed E-state index contributed by atoms with van der Waals surface area (Å²) >= 11 is 0. The van der Waals surface area contributed by atoms with Crippen molar-refractivity contribution in [3.05, 3.63) is 30.5 Å². The second-order valence-corrected chi connectivity index (χ2v) is 1.63. The fraction of sp³-hybridized carbons (Fsp3) is 0.143. The smallest absolute Gasteiger partial charge is 0.160 e. The average molecular weight is 106 g/mol. The van der Waals surface area contributed by atoms with Gasteiger partial charge in [-0.2, -0.15) is 4.58 Å². The minimum Gasteiger partial charge on any atom is -0.160 e. The van der Waals surface area contributed by atoms with Crippen molar-refractivity contribution < 1.29 is 4.58 Å². The van der Waals surface area contributed by atoms with E-state index in [1.54, 1.807) is 0 Å². The Balaban J connectivity index is 2.95. The second-order valence-electron chi connectivity index (χ2n) is 1.63. The van der Waals surface area contributed by atoms with Gasteiger partial charge < -0.3 is 0 Å². The van der Waals surface area contributed by atoms with E-state index in [-0.39, 0.29) is 0 Å². The zero-order valence-electron chi connectivity index (χ0n) is 4.83. The van der Waals surface area contributed by atoms with Crippen LogP contribution in [-0.2, 0) is 0 Å². The highest BCUT2D eigenvalue weighted by Gasteiger charge is 1.81. The van der Waals surface area contributed by atoms with Crippen LogP contribution >= 0.6 is 0 Å². The number of rotatable bonds is 0. The maximum atomic E-state index is 2.98. The molecule has 0 aromatic heterocycles. The van der Waals surface area contributed by atoms with Crippen molar-refractivity contribution in [2.75, 3.05) is 7.05 Å². The van der Waals surface area contributed by atoms with E-state index >= 15 is 0 Å². The maximum Gasteiger partial charge on any atom is 0.178 e. The second kappa shape index (κ2) is 2.29. The van der Waals surface area contributed by atoms with Crippen LogP contribution in [0.3, 0.4) is 0 Å². The quantitative estimate of drug-likeness (QED) is 0.404. The molecule has 0 amide bonds. The fourth-order valence-corrected chi connectivity index (χ4v) is 0.502. The van der Waals surface area contributed by atoms with Crippen molar-refractivity contribution in [3.63, 3.8) is 0 Å². The van der Waals surface area contributed by atoms with Crippen LogP contribution in [0.1, 0.15) is 0 Å². The first-order valence-corrected chi connectivity index (χ1v) is 2.55. The van der Waals surface area contributed by atoms with E-state index in [1.807, 2.05) is 42.1 Å². The first kappa shape index (κ1) is 5.07. The molecule has 1 aliphatic rings. The van der Waals surface area contributed by atoms with Gasteiger partial charge >= 0.3 is 0 Å². The van der Waals surface area contributed by atoms with Crippen LogP contribution in [-0.4, -0.2) is 17.5 Å². The molecule has 0 aromatic rings. The summed E-state index contributed by atoms with van der Waals surface area (Å²) in [4.78, 5) is 0. The first-order chi connectivity index (χ1) is 3.89. The van der Waals surface area contributed by atoms with Crippen LogP contribution in [0.25, 0.3) is 0 Å². The lowest BCUT2D eigenvalue weighted by Gasteiger charge is -1.71. The zero-order chi connectivity index (χ0) is 5.82. The van der Waals surface area contributed by atoms with Gasteiger partial charge in [-0.05, 0) is 6.08 Å². The van der Waals surface area contributed by atoms with Crippen LogP contribution in [0.15, 0.2) is 30.5 Å². The Bertz CT molecular complexity index is 190. The SMILES string of the molecule is C[N+]1=C=CC=CC=C1. The fourth-order valence-electron chi connectivity index (χ4n) is 0.502. The van der Waals surface area contributed by atoms with Gasteiger partial charge in [-0.25, -0.2) is 0 Å². The molecule has 0 saturated carbocycles. The standard InChI is InChI=1S/C7H8N/c1-8-6-4-2-3-5-7-8/h2-6H,1H3/q+1. The van der Waals surface area contributed by atoms with Crippen LogP contribution in [0, 0.1) is 0 Å². The Hall–Kier alpha value is -1.07. The third-order valence-corrected chi connectivity index (χ3v) is 0.906. The van der Waals surface area contributed by atoms with E-state index < -0.39 is 0 Å². The molecular weight excluding hydrogens is 98.1 g/mol. The van der Waals surface area contributed by atoms with Gasteiger partial charge in [0.2, 0.25) is 0 Å². The molecule has 1 aliphatic heterocycles. The molecular formula is C7H8N+. The summed E-state index contributed by atoms with van der Waals surface area (Å²) in [7, 11) is 1.94. The molecule has 0 saturated heterocycles. The number of hydrogen-bond donors (Lipinski definition) is 0. The molecule has 1 nitrogen and oxygen atoms in total. The van der Waals surface area contributed by atoms with Gasteiger partial charge in [-0.15, -0.1) is 0 Å². The highest BCUT2D eigenvalue weighted by molar-refractivity contribution is 5.50. The average Bonchev–Trinajstić information content (AvgIpc) is 1.94. The monoisotopic (exact) mass is 106 g/mol. The lowest BCUT2D eigenvalue weighted by molar-refractivity contribution is -0.413. The summed E-state index contributed by atoms with van der Waals surface area (Å²) < 4.78 is 1.88. The summed E-state index contributed by atoms with van der Waals surface area (Å²) in [6, 6.07) is 0. The van der Waals surface area contributed by atoms with Gasteiger partial charge in [0.15, 0.2) is 12.1 Å². The normalized spacial score (nSPS) is 15.9. The highest BCUT2D eigenvalue weighted by Crippen LogP contribution is 1.80. The van der Waals surface area contributed by atoms with Crippen molar-refractivity contribution in [3.8, 4) is 0 Å². The summed E-state index contributed by atoms with van der Waals surface area (Å²) in [6.45, 7) is 0. The molecule has 0 bridgehead atoms. The molecule has 0 fully saturated rings. The molecule has 0 atom stereocenters. The topological polar surface area (TPSA) is 3.01 Å². The van der Waals surface area contributed by atoms with E-state index in [0.717, 1.165) is 0 Å². The number of allylic oxidation sites excluding steroid dienone is 4. The Morgan fingerprint density at radius 3 is 3.00 bits per heavy atom. The van der Waals surface area contributed by atoms with Crippen molar-refractivity contribution in [1.29, 1.82) is 0 Å². The molecule has 0 radical (unpaired) electrons. The van der Waals surface area contributed by atoms with E-state index in [9.17, 15) is 0 Å². The van der Waals surface area contributed by atoms with Crippen molar-refractivity contribution in [1.82, 2.24) is 0 Å². The van der Waals surface area contributed by atoms with Gasteiger partial charge in [0.25, 0.3) is 0 Å². The van der Waals surface area contributed by atoms with Gasteiger partial charge in [0.05, 0.1) is 0 Å². The lowest BCUT2D eigenvalue weighted by Crippen LogP contribution is -1.89. The molecule has 1 heteroatoms. The van der Waals surface area contributed by atoms with Crippen molar-refractivity contribution >= 4 is 5.87 Å². The predicted octanol–water partition coefficient (Wildman–Crippen LogP) is 0.938. The first-order valence-electron chi connectivity index (χ1n) is 2.55. The summed E-state index contributed by atoms with van der Waals surface area (Å²) in [6.07, 6.45) is 9.70. The van der Waals surface area contributed by atoms with Crippen molar-refractivity contribution in [2.24, 2.45) is 0 Å². The summed E-state index contributed by atoms with van der Waals surface area (Å²) in [5.41, 5.74) is 0. The molecule has 40 valence electrons. The van der Waals surface area contributed by atoms with E-state index in [1.165, 1.54) is 0 Å². The van der Waals surface area contributed by atoms with E-state index in [2.05, 4.69) is 5.87 Å². The zero-order valence-corrected chi connectivity index (χ0v) is 4.83. The minimum absolute atomic E-state index is 1.88. The van der Waals surface area contributed by atoms with Gasteiger partial charge in [-0.3, -0.25) is 0 Å². The molecule has 0 unspecified atom stereocenters. The minimum atomic E-state index is 1.88. The van der Waals surface area contributed by atoms with Crippen LogP contribution in [0.4, 0.5) is 0 Å². The van der Waals surface area contributed by atoms with Crippen LogP contribution in [0.2, 0.25) is 0 Å². The van der Waals surface area contributed by atoms with Crippen LogP contribution < -0.4 is 0 Å². The Kier molecular flexibility index (Phi) is 1.45. The third-order valence-electron chi connectivity index (χ3n) is 0.906. The molecule has 0 spiro atoms. The molecule has 1 rings (SSSR count). The maximum absolute atomic E-state index is 2.98. The molecule has 8 heavy (non-hydrogen) atoms. The largest absolute Gasteiger partial charge is 0.178 e. The summed E-state index contributed by atoms with van der Waals surface area (Å²) in [5.74, 6) is 2.98. The van der Waals surface area contributed by atoms with Gasteiger partial charge in [0.1, 0.15) is 7.05 Å². The molecule has 0 N–H and O–H groups in total. The number of hydrogen-bond acceptors (Lipinski definition) is 0. The van der Waals surface area contributed by atoms with Crippen molar-refractivity contribution in [2.45, 2.75) is 0 Å². The molecule has 1 heterocycles. The molecule has 0 aromatic carbocycles. The lowest BCUT2D eigenvalue weighted by atomic mass is 10.5. The Morgan fingerprint density at radius 2 is 2.12 bits per heavy atom. The Labute approximate surface area is 49.0 Å². The van der Waals surface area contributed by atoms with E-state index in [0.29, 0.717) is 0 Å². The molecule has 0 aliphatic carbocycles.